The van der Waals surface area contributed by atoms with Crippen LogP contribution >= 0.6 is 0 Å². The topological polar surface area (TPSA) is 52.3 Å². The van der Waals surface area contributed by atoms with E-state index in [2.05, 4.69) is 6.92 Å². The normalized spacial score (nSPS) is 12.4. The molecule has 0 aromatic heterocycles. The molecular formula is C14H29NO2. The molecule has 102 valence electrons. The summed E-state index contributed by atoms with van der Waals surface area (Å²) in [6, 6.07) is 0. The Bertz CT molecular complexity index is 183. The van der Waals surface area contributed by atoms with Crippen molar-refractivity contribution in [2.45, 2.75) is 84.3 Å². The van der Waals surface area contributed by atoms with Crippen LogP contribution in [0.2, 0.25) is 0 Å². The predicted octanol–water partition coefficient (Wildman–Crippen LogP) is 3.76. The van der Waals surface area contributed by atoms with Crippen molar-refractivity contribution in [3.8, 4) is 0 Å². The summed E-state index contributed by atoms with van der Waals surface area (Å²) >= 11 is 0. The van der Waals surface area contributed by atoms with Gasteiger partial charge in [0, 0.05) is 6.42 Å². The summed E-state index contributed by atoms with van der Waals surface area (Å²) in [5.41, 5.74) is 5.63. The van der Waals surface area contributed by atoms with E-state index in [-0.39, 0.29) is 5.97 Å². The minimum Gasteiger partial charge on any atom is -0.447 e. The van der Waals surface area contributed by atoms with Crippen molar-refractivity contribution in [2.75, 3.05) is 0 Å². The average molecular weight is 243 g/mol. The van der Waals surface area contributed by atoms with E-state index in [1.165, 1.54) is 32.1 Å². The van der Waals surface area contributed by atoms with Gasteiger partial charge in [0.2, 0.25) is 0 Å². The standard InChI is InChI=1S/C14H29NO2/c1-3-5-6-7-8-9-10-12-14(16)17-13(15)11-4-2/h13H,3-12,15H2,1-2H3. The Hall–Kier alpha value is -0.570. The number of hydrogen-bond donors (Lipinski definition) is 1. The second-order valence-corrected chi connectivity index (χ2v) is 4.69. The molecule has 0 amide bonds. The van der Waals surface area contributed by atoms with Crippen molar-refractivity contribution >= 4 is 5.97 Å². The van der Waals surface area contributed by atoms with Crippen LogP contribution in [-0.4, -0.2) is 12.2 Å². The molecule has 0 aromatic carbocycles. The summed E-state index contributed by atoms with van der Waals surface area (Å²) in [5.74, 6) is -0.139. The average Bonchev–Trinajstić information content (AvgIpc) is 2.28. The summed E-state index contributed by atoms with van der Waals surface area (Å²) in [5, 5.41) is 0. The molecule has 0 bridgehead atoms. The first-order valence-corrected chi connectivity index (χ1v) is 7.15. The monoisotopic (exact) mass is 243 g/mol. The zero-order valence-electron chi connectivity index (χ0n) is 11.5. The van der Waals surface area contributed by atoms with E-state index in [1.807, 2.05) is 6.92 Å². The second-order valence-electron chi connectivity index (χ2n) is 4.69. The van der Waals surface area contributed by atoms with Gasteiger partial charge >= 0.3 is 5.97 Å². The van der Waals surface area contributed by atoms with Crippen LogP contribution < -0.4 is 5.73 Å². The lowest BCUT2D eigenvalue weighted by Gasteiger charge is -2.11. The maximum atomic E-state index is 11.4. The number of esters is 1. The first-order chi connectivity index (χ1) is 8.20. The molecule has 1 atom stereocenters. The molecule has 3 heteroatoms. The van der Waals surface area contributed by atoms with E-state index in [4.69, 9.17) is 10.5 Å². The van der Waals surface area contributed by atoms with Gasteiger partial charge in [-0.15, -0.1) is 0 Å². The van der Waals surface area contributed by atoms with Gasteiger partial charge in [0.1, 0.15) is 0 Å². The SMILES string of the molecule is CCCCCCCCCC(=O)OC(N)CCC. The molecule has 0 heterocycles. The Morgan fingerprint density at radius 1 is 1.00 bits per heavy atom. The van der Waals surface area contributed by atoms with Gasteiger partial charge in [-0.3, -0.25) is 10.5 Å². The molecule has 3 nitrogen and oxygen atoms in total. The third-order valence-corrected chi connectivity index (χ3v) is 2.84. The van der Waals surface area contributed by atoms with E-state index < -0.39 is 6.23 Å². The second kappa shape index (κ2) is 11.9. The first-order valence-electron chi connectivity index (χ1n) is 7.15. The maximum absolute atomic E-state index is 11.4. The van der Waals surface area contributed by atoms with Gasteiger partial charge in [0.05, 0.1) is 0 Å². The lowest BCUT2D eigenvalue weighted by molar-refractivity contribution is -0.149. The molecule has 0 aliphatic carbocycles. The summed E-state index contributed by atoms with van der Waals surface area (Å²) < 4.78 is 5.07. The molecule has 0 aromatic rings. The maximum Gasteiger partial charge on any atom is 0.307 e. The van der Waals surface area contributed by atoms with Crippen molar-refractivity contribution in [1.82, 2.24) is 0 Å². The molecule has 0 saturated carbocycles. The fourth-order valence-corrected chi connectivity index (χ4v) is 1.80. The largest absolute Gasteiger partial charge is 0.447 e. The molecule has 17 heavy (non-hydrogen) atoms. The zero-order valence-corrected chi connectivity index (χ0v) is 11.5. The van der Waals surface area contributed by atoms with Crippen LogP contribution in [0.4, 0.5) is 0 Å². The Labute approximate surface area is 106 Å². The molecule has 0 radical (unpaired) electrons. The van der Waals surface area contributed by atoms with Crippen LogP contribution in [-0.2, 0) is 9.53 Å². The molecule has 0 rings (SSSR count). The number of carbonyl (C=O) groups excluding carboxylic acids is 1. The van der Waals surface area contributed by atoms with Gasteiger partial charge in [0.25, 0.3) is 0 Å². The highest BCUT2D eigenvalue weighted by Gasteiger charge is 2.08. The molecule has 1 unspecified atom stereocenters. The fourth-order valence-electron chi connectivity index (χ4n) is 1.80. The van der Waals surface area contributed by atoms with Crippen molar-refractivity contribution in [2.24, 2.45) is 5.73 Å². The van der Waals surface area contributed by atoms with E-state index in [0.29, 0.717) is 6.42 Å². The Morgan fingerprint density at radius 3 is 2.18 bits per heavy atom. The van der Waals surface area contributed by atoms with Gasteiger partial charge in [-0.2, -0.15) is 0 Å². The molecule has 0 saturated heterocycles. The number of hydrogen-bond acceptors (Lipinski definition) is 3. The van der Waals surface area contributed by atoms with Crippen LogP contribution in [0.1, 0.15) is 78.1 Å². The van der Waals surface area contributed by atoms with Crippen molar-refractivity contribution in [3.05, 3.63) is 0 Å². The highest BCUT2D eigenvalue weighted by molar-refractivity contribution is 5.69. The van der Waals surface area contributed by atoms with Gasteiger partial charge in [-0.25, -0.2) is 0 Å². The van der Waals surface area contributed by atoms with Crippen LogP contribution in [0.25, 0.3) is 0 Å². The molecule has 2 N–H and O–H groups in total. The summed E-state index contributed by atoms with van der Waals surface area (Å²) in [4.78, 5) is 11.4. The van der Waals surface area contributed by atoms with Gasteiger partial charge < -0.3 is 4.74 Å². The highest BCUT2D eigenvalue weighted by Crippen LogP contribution is 2.09. The minimum atomic E-state index is -0.406. The quantitative estimate of drug-likeness (QED) is 0.341. The van der Waals surface area contributed by atoms with Crippen molar-refractivity contribution in [3.63, 3.8) is 0 Å². The fraction of sp³-hybridized carbons (Fsp3) is 0.929. The van der Waals surface area contributed by atoms with Crippen molar-refractivity contribution in [1.29, 1.82) is 0 Å². The van der Waals surface area contributed by atoms with Crippen LogP contribution in [0.5, 0.6) is 0 Å². The van der Waals surface area contributed by atoms with E-state index in [9.17, 15) is 4.79 Å². The third-order valence-electron chi connectivity index (χ3n) is 2.84. The Balaban J connectivity index is 3.27. The number of ether oxygens (including phenoxy) is 1. The molecule has 0 spiro atoms. The number of unbranched alkanes of at least 4 members (excludes halogenated alkanes) is 6. The summed E-state index contributed by atoms with van der Waals surface area (Å²) in [6.07, 6.45) is 10.3. The number of carbonyl (C=O) groups is 1. The lowest BCUT2D eigenvalue weighted by Crippen LogP contribution is -2.26. The molecule has 0 fully saturated rings. The third kappa shape index (κ3) is 11.7. The van der Waals surface area contributed by atoms with Crippen molar-refractivity contribution < 1.29 is 9.53 Å². The summed E-state index contributed by atoms with van der Waals surface area (Å²) in [6.45, 7) is 4.25. The Morgan fingerprint density at radius 2 is 1.59 bits per heavy atom. The van der Waals surface area contributed by atoms with E-state index >= 15 is 0 Å². The van der Waals surface area contributed by atoms with Crippen LogP contribution in [0, 0.1) is 0 Å². The van der Waals surface area contributed by atoms with Gasteiger partial charge in [-0.1, -0.05) is 58.8 Å². The minimum absolute atomic E-state index is 0.139. The number of nitrogens with two attached hydrogens (primary N) is 1. The van der Waals surface area contributed by atoms with Gasteiger partial charge in [0.15, 0.2) is 6.23 Å². The van der Waals surface area contributed by atoms with Gasteiger partial charge in [-0.05, 0) is 12.8 Å². The predicted molar refractivity (Wildman–Crippen MR) is 71.6 cm³/mol. The molecule has 0 aliphatic heterocycles. The zero-order chi connectivity index (χ0) is 12.9. The highest BCUT2D eigenvalue weighted by atomic mass is 16.6. The number of rotatable bonds is 11. The van der Waals surface area contributed by atoms with Crippen LogP contribution in [0.3, 0.4) is 0 Å². The summed E-state index contributed by atoms with van der Waals surface area (Å²) in [7, 11) is 0. The molecule has 0 aliphatic rings. The van der Waals surface area contributed by atoms with E-state index in [0.717, 1.165) is 25.7 Å². The van der Waals surface area contributed by atoms with E-state index in [1.54, 1.807) is 0 Å². The Kier molecular flexibility index (Phi) is 11.5. The smallest absolute Gasteiger partial charge is 0.307 e. The van der Waals surface area contributed by atoms with Crippen LogP contribution in [0.15, 0.2) is 0 Å². The lowest BCUT2D eigenvalue weighted by atomic mass is 10.1. The molecular weight excluding hydrogens is 214 g/mol. The first kappa shape index (κ1) is 16.4.